The molecule has 0 amide bonds. The summed E-state index contributed by atoms with van der Waals surface area (Å²) in [7, 11) is 0. The summed E-state index contributed by atoms with van der Waals surface area (Å²) in [6.45, 7) is 0. The number of anilines is 1. The van der Waals surface area contributed by atoms with Crippen LogP contribution in [-0.4, -0.2) is 25.8 Å². The monoisotopic (exact) mass is 272 g/mol. The van der Waals surface area contributed by atoms with Crippen molar-refractivity contribution in [1.82, 2.24) is 14.8 Å². The summed E-state index contributed by atoms with van der Waals surface area (Å²) in [6, 6.07) is 1.81. The van der Waals surface area contributed by atoms with E-state index in [0.29, 0.717) is 0 Å². The van der Waals surface area contributed by atoms with Crippen LogP contribution in [-0.2, 0) is 6.18 Å². The third-order valence-corrected chi connectivity index (χ3v) is 2.26. The third kappa shape index (κ3) is 2.49. The zero-order chi connectivity index (χ0) is 14.2. The van der Waals surface area contributed by atoms with Crippen LogP contribution in [0.15, 0.2) is 24.5 Å². The Morgan fingerprint density at radius 2 is 2.11 bits per heavy atom. The molecule has 0 atom stereocenters. The van der Waals surface area contributed by atoms with Crippen LogP contribution in [0.3, 0.4) is 0 Å². The molecule has 3 N–H and O–H groups in total. The Hall–Kier alpha value is -2.58. The molecule has 2 heterocycles. The lowest BCUT2D eigenvalue weighted by Gasteiger charge is -2.05. The van der Waals surface area contributed by atoms with E-state index in [0.717, 1.165) is 29.2 Å². The van der Waals surface area contributed by atoms with E-state index in [2.05, 4.69) is 10.1 Å². The predicted octanol–water partition coefficient (Wildman–Crippen LogP) is 1.57. The zero-order valence-corrected chi connectivity index (χ0v) is 9.22. The minimum atomic E-state index is -4.57. The van der Waals surface area contributed by atoms with Crippen LogP contribution in [0.2, 0.25) is 0 Å². The number of hydrogen-bond donors (Lipinski definition) is 2. The molecule has 0 unspecified atom stereocenters. The number of carbonyl (C=O) groups is 1. The van der Waals surface area contributed by atoms with Crippen molar-refractivity contribution >= 4 is 11.7 Å². The molecule has 9 heteroatoms. The maximum Gasteiger partial charge on any atom is 0.435 e. The summed E-state index contributed by atoms with van der Waals surface area (Å²) in [4.78, 5) is 14.6. The zero-order valence-electron chi connectivity index (χ0n) is 9.22. The van der Waals surface area contributed by atoms with Gasteiger partial charge in [-0.1, -0.05) is 0 Å². The largest absolute Gasteiger partial charge is 0.478 e. The molecular formula is C10H7F3N4O2. The molecule has 0 spiro atoms. The molecular weight excluding hydrogens is 265 g/mol. The fourth-order valence-electron chi connectivity index (χ4n) is 1.37. The molecule has 0 aliphatic carbocycles. The Morgan fingerprint density at radius 1 is 1.42 bits per heavy atom. The Balaban J connectivity index is 2.45. The summed E-state index contributed by atoms with van der Waals surface area (Å²) in [5, 5.41) is 12.1. The van der Waals surface area contributed by atoms with Gasteiger partial charge in [0.05, 0.1) is 17.4 Å². The Morgan fingerprint density at radius 3 is 2.63 bits per heavy atom. The summed E-state index contributed by atoms with van der Waals surface area (Å²) >= 11 is 0. The highest BCUT2D eigenvalue weighted by Gasteiger charge is 2.33. The number of nitrogens with zero attached hydrogens (tertiary/aromatic N) is 3. The first-order valence-corrected chi connectivity index (χ1v) is 4.91. The molecule has 19 heavy (non-hydrogen) atoms. The van der Waals surface area contributed by atoms with E-state index < -0.39 is 17.8 Å². The molecule has 100 valence electrons. The molecule has 2 aromatic rings. The van der Waals surface area contributed by atoms with Crippen molar-refractivity contribution in [1.29, 1.82) is 0 Å². The molecule has 0 saturated carbocycles. The maximum absolute atomic E-state index is 12.4. The number of hydrogen-bond acceptors (Lipinski definition) is 4. The van der Waals surface area contributed by atoms with Crippen LogP contribution >= 0.6 is 0 Å². The lowest BCUT2D eigenvalue weighted by molar-refractivity contribution is -0.141. The second kappa shape index (κ2) is 4.26. The molecule has 0 fully saturated rings. The van der Waals surface area contributed by atoms with Crippen LogP contribution in [0, 0.1) is 0 Å². The van der Waals surface area contributed by atoms with E-state index in [1.54, 1.807) is 0 Å². The Kier molecular flexibility index (Phi) is 2.89. The number of carboxylic acid groups (broad SMARTS) is 1. The van der Waals surface area contributed by atoms with Gasteiger partial charge in [-0.3, -0.25) is 0 Å². The van der Waals surface area contributed by atoms with Gasteiger partial charge < -0.3 is 10.8 Å². The van der Waals surface area contributed by atoms with Crippen LogP contribution in [0.5, 0.6) is 0 Å². The van der Waals surface area contributed by atoms with Crippen LogP contribution in [0.1, 0.15) is 16.1 Å². The van der Waals surface area contributed by atoms with Crippen molar-refractivity contribution in [2.24, 2.45) is 0 Å². The molecule has 0 radical (unpaired) electrons. The van der Waals surface area contributed by atoms with Gasteiger partial charge in [-0.05, 0) is 12.1 Å². The van der Waals surface area contributed by atoms with Gasteiger partial charge in [0.2, 0.25) is 0 Å². The minimum absolute atomic E-state index is 0.0675. The molecule has 2 rings (SSSR count). The van der Waals surface area contributed by atoms with Crippen LogP contribution in [0.4, 0.5) is 18.9 Å². The number of aromatic nitrogens is 3. The van der Waals surface area contributed by atoms with Crippen molar-refractivity contribution in [3.8, 4) is 5.82 Å². The summed E-state index contributed by atoms with van der Waals surface area (Å²) < 4.78 is 38.0. The fraction of sp³-hybridized carbons (Fsp3) is 0.100. The van der Waals surface area contributed by atoms with E-state index in [4.69, 9.17) is 10.8 Å². The highest BCUT2D eigenvalue weighted by atomic mass is 19.4. The van der Waals surface area contributed by atoms with E-state index in [1.807, 2.05) is 0 Å². The van der Waals surface area contributed by atoms with Crippen molar-refractivity contribution < 1.29 is 23.1 Å². The smallest absolute Gasteiger partial charge is 0.435 e. The predicted molar refractivity (Wildman–Crippen MR) is 57.7 cm³/mol. The summed E-state index contributed by atoms with van der Waals surface area (Å²) in [5.41, 5.74) is 3.96. The lowest BCUT2D eigenvalue weighted by Crippen LogP contribution is -2.09. The van der Waals surface area contributed by atoms with Gasteiger partial charge in [0.15, 0.2) is 11.5 Å². The van der Waals surface area contributed by atoms with Crippen molar-refractivity contribution in [3.05, 3.63) is 35.8 Å². The fourth-order valence-corrected chi connectivity index (χ4v) is 1.37. The quantitative estimate of drug-likeness (QED) is 0.865. The molecule has 0 bridgehead atoms. The molecule has 2 aromatic heterocycles. The third-order valence-electron chi connectivity index (χ3n) is 2.26. The average Bonchev–Trinajstić information content (AvgIpc) is 2.78. The number of nitrogen functional groups attached to an aromatic ring is 1. The molecule has 0 aliphatic rings. The molecule has 6 nitrogen and oxygen atoms in total. The van der Waals surface area contributed by atoms with Gasteiger partial charge in [-0.25, -0.2) is 14.5 Å². The summed E-state index contributed by atoms with van der Waals surface area (Å²) in [6.07, 6.45) is -2.49. The van der Waals surface area contributed by atoms with E-state index in [1.165, 1.54) is 0 Å². The highest BCUT2D eigenvalue weighted by Crippen LogP contribution is 2.27. The van der Waals surface area contributed by atoms with E-state index in [-0.39, 0.29) is 17.1 Å². The first-order valence-electron chi connectivity index (χ1n) is 4.91. The lowest BCUT2D eigenvalue weighted by atomic mass is 10.2. The maximum atomic E-state index is 12.4. The second-order valence-electron chi connectivity index (χ2n) is 3.58. The van der Waals surface area contributed by atoms with Gasteiger partial charge >= 0.3 is 12.1 Å². The first-order chi connectivity index (χ1) is 8.79. The Bertz CT molecular complexity index is 636. The van der Waals surface area contributed by atoms with Gasteiger partial charge in [-0.2, -0.15) is 18.3 Å². The standard InChI is InChI=1S/C10H7F3N4O2/c11-10(12,13)7-1-2-17(16-7)8-3-5(9(18)19)6(14)4-15-8/h1-4H,14H2,(H,18,19). The van der Waals surface area contributed by atoms with Gasteiger partial charge in [0.25, 0.3) is 0 Å². The number of rotatable bonds is 2. The SMILES string of the molecule is Nc1cnc(-n2ccc(C(F)(F)F)n2)cc1C(=O)O. The average molecular weight is 272 g/mol. The van der Waals surface area contributed by atoms with Crippen molar-refractivity contribution in [3.63, 3.8) is 0 Å². The van der Waals surface area contributed by atoms with E-state index in [9.17, 15) is 18.0 Å². The molecule has 0 saturated heterocycles. The normalized spacial score (nSPS) is 11.5. The van der Waals surface area contributed by atoms with Gasteiger partial charge in [0.1, 0.15) is 0 Å². The summed E-state index contributed by atoms with van der Waals surface area (Å²) in [5.74, 6) is -1.37. The minimum Gasteiger partial charge on any atom is -0.478 e. The van der Waals surface area contributed by atoms with Gasteiger partial charge in [-0.15, -0.1) is 0 Å². The highest BCUT2D eigenvalue weighted by molar-refractivity contribution is 5.93. The number of pyridine rings is 1. The van der Waals surface area contributed by atoms with Crippen LogP contribution < -0.4 is 5.73 Å². The number of carboxylic acids is 1. The van der Waals surface area contributed by atoms with Gasteiger partial charge in [0, 0.05) is 6.20 Å². The topological polar surface area (TPSA) is 94.0 Å². The number of nitrogens with two attached hydrogens (primary N) is 1. The van der Waals surface area contributed by atoms with E-state index >= 15 is 0 Å². The first kappa shape index (κ1) is 12.9. The molecule has 0 aliphatic heterocycles. The van der Waals surface area contributed by atoms with Crippen molar-refractivity contribution in [2.75, 3.05) is 5.73 Å². The second-order valence-corrected chi connectivity index (χ2v) is 3.58. The number of aromatic carboxylic acids is 1. The molecule has 0 aromatic carbocycles. The van der Waals surface area contributed by atoms with Crippen LogP contribution in [0.25, 0.3) is 5.82 Å². The Labute approximate surface area is 104 Å². The number of alkyl halides is 3. The van der Waals surface area contributed by atoms with Crippen molar-refractivity contribution in [2.45, 2.75) is 6.18 Å². The number of halogens is 3.